The summed E-state index contributed by atoms with van der Waals surface area (Å²) in [5.41, 5.74) is 6.23. The van der Waals surface area contributed by atoms with Crippen LogP contribution in [0.2, 0.25) is 0 Å². The number of rotatable bonds is 4. The van der Waals surface area contributed by atoms with Crippen molar-refractivity contribution in [2.75, 3.05) is 23.5 Å². The zero-order chi connectivity index (χ0) is 10.6. The lowest BCUT2D eigenvalue weighted by molar-refractivity contribution is 0.603. The number of hydrogen-bond donors (Lipinski definition) is 1. The van der Waals surface area contributed by atoms with Gasteiger partial charge in [-0.3, -0.25) is 0 Å². The molecule has 0 aromatic carbocycles. The van der Waals surface area contributed by atoms with Crippen molar-refractivity contribution in [2.45, 2.75) is 5.03 Å². The largest absolute Gasteiger partial charge is 0.397 e. The van der Waals surface area contributed by atoms with Crippen LogP contribution >= 0.6 is 11.8 Å². The molecule has 0 fully saturated rings. The number of sulfone groups is 1. The molecule has 0 aliphatic heterocycles. The van der Waals surface area contributed by atoms with Crippen LogP contribution in [0.4, 0.5) is 5.69 Å². The molecule has 1 rings (SSSR count). The molecule has 0 aliphatic rings. The highest BCUT2D eigenvalue weighted by atomic mass is 32.2. The summed E-state index contributed by atoms with van der Waals surface area (Å²) in [5.74, 6) is 0.633. The van der Waals surface area contributed by atoms with Gasteiger partial charge < -0.3 is 5.73 Å². The molecule has 0 unspecified atom stereocenters. The molecule has 1 aromatic heterocycles. The molecular formula is C8H12N2O2S2. The molecular weight excluding hydrogens is 220 g/mol. The Morgan fingerprint density at radius 3 is 2.86 bits per heavy atom. The molecule has 0 amide bonds. The number of thioether (sulfide) groups is 1. The summed E-state index contributed by atoms with van der Waals surface area (Å²) in [4.78, 5) is 4.04. The van der Waals surface area contributed by atoms with Gasteiger partial charge in [-0.05, 0) is 12.1 Å². The molecule has 1 heterocycles. The van der Waals surface area contributed by atoms with E-state index < -0.39 is 9.84 Å². The Morgan fingerprint density at radius 1 is 1.57 bits per heavy atom. The molecule has 2 N–H and O–H groups in total. The highest BCUT2D eigenvalue weighted by Crippen LogP contribution is 2.21. The highest BCUT2D eigenvalue weighted by Gasteiger charge is 2.04. The fraction of sp³-hybridized carbons (Fsp3) is 0.375. The summed E-state index contributed by atoms with van der Waals surface area (Å²) in [6.07, 6.45) is 2.86. The first-order valence-corrected chi connectivity index (χ1v) is 7.04. The summed E-state index contributed by atoms with van der Waals surface area (Å²) in [5, 5.41) is 0.691. The maximum Gasteiger partial charge on any atom is 0.148 e. The molecule has 4 nitrogen and oxygen atoms in total. The normalized spacial score (nSPS) is 11.5. The molecule has 6 heteroatoms. The second kappa shape index (κ2) is 4.65. The topological polar surface area (TPSA) is 73.0 Å². The summed E-state index contributed by atoms with van der Waals surface area (Å²) >= 11 is 1.36. The van der Waals surface area contributed by atoms with Crippen LogP contribution in [0.1, 0.15) is 0 Å². The lowest BCUT2D eigenvalue weighted by atomic mass is 10.4. The molecule has 0 spiro atoms. The Hall–Kier alpha value is -0.750. The average Bonchev–Trinajstić information content (AvgIpc) is 2.06. The Morgan fingerprint density at radius 2 is 2.29 bits per heavy atom. The molecule has 78 valence electrons. The van der Waals surface area contributed by atoms with Gasteiger partial charge in [-0.1, -0.05) is 0 Å². The Balaban J connectivity index is 2.51. The van der Waals surface area contributed by atoms with Crippen LogP contribution in [0.15, 0.2) is 23.4 Å². The van der Waals surface area contributed by atoms with E-state index in [1.165, 1.54) is 18.0 Å². The van der Waals surface area contributed by atoms with Crippen LogP contribution in [0.3, 0.4) is 0 Å². The third-order valence-electron chi connectivity index (χ3n) is 1.49. The van der Waals surface area contributed by atoms with Gasteiger partial charge in [0.05, 0.1) is 11.4 Å². The van der Waals surface area contributed by atoms with Crippen molar-refractivity contribution < 1.29 is 8.42 Å². The number of aromatic nitrogens is 1. The lowest BCUT2D eigenvalue weighted by Crippen LogP contribution is -2.05. The minimum atomic E-state index is -2.90. The molecule has 0 atom stereocenters. The summed E-state index contributed by atoms with van der Waals surface area (Å²) in [6.45, 7) is 0. The minimum Gasteiger partial charge on any atom is -0.397 e. The maximum atomic E-state index is 10.8. The first-order valence-electron chi connectivity index (χ1n) is 4.00. The van der Waals surface area contributed by atoms with E-state index in [-0.39, 0.29) is 5.75 Å². The smallest absolute Gasteiger partial charge is 0.148 e. The third-order valence-corrected chi connectivity index (χ3v) is 3.72. The molecule has 0 saturated carbocycles. The molecule has 1 aromatic rings. The first kappa shape index (κ1) is 11.3. The van der Waals surface area contributed by atoms with Crippen molar-refractivity contribution >= 4 is 27.3 Å². The quantitative estimate of drug-likeness (QED) is 0.777. The first-order chi connectivity index (χ1) is 6.49. The molecule has 0 aliphatic carbocycles. The van der Waals surface area contributed by atoms with Crippen LogP contribution in [-0.4, -0.2) is 31.2 Å². The number of nitrogens with zero attached hydrogens (tertiary/aromatic N) is 1. The van der Waals surface area contributed by atoms with Crippen molar-refractivity contribution in [2.24, 2.45) is 0 Å². The van der Waals surface area contributed by atoms with Gasteiger partial charge in [0.25, 0.3) is 0 Å². The monoisotopic (exact) mass is 232 g/mol. The van der Waals surface area contributed by atoms with Gasteiger partial charge in [0.2, 0.25) is 0 Å². The van der Waals surface area contributed by atoms with E-state index in [0.29, 0.717) is 16.5 Å². The van der Waals surface area contributed by atoms with Gasteiger partial charge in [0.15, 0.2) is 0 Å². The third kappa shape index (κ3) is 3.97. The van der Waals surface area contributed by atoms with Crippen LogP contribution in [-0.2, 0) is 9.84 Å². The summed E-state index contributed by atoms with van der Waals surface area (Å²) < 4.78 is 21.7. The molecule has 0 radical (unpaired) electrons. The van der Waals surface area contributed by atoms with E-state index in [1.54, 1.807) is 18.3 Å². The predicted octanol–water partition coefficient (Wildman–Crippen LogP) is 0.801. The van der Waals surface area contributed by atoms with Gasteiger partial charge in [0, 0.05) is 18.2 Å². The van der Waals surface area contributed by atoms with Crippen molar-refractivity contribution in [3.8, 4) is 0 Å². The second-order valence-corrected chi connectivity index (χ2v) is 6.22. The van der Waals surface area contributed by atoms with Crippen molar-refractivity contribution in [3.05, 3.63) is 18.3 Å². The highest BCUT2D eigenvalue weighted by molar-refractivity contribution is 8.00. The SMILES string of the molecule is CS(=O)(=O)CCSc1ncccc1N. The molecule has 14 heavy (non-hydrogen) atoms. The number of anilines is 1. The van der Waals surface area contributed by atoms with E-state index in [9.17, 15) is 8.42 Å². The van der Waals surface area contributed by atoms with Crippen LogP contribution in [0, 0.1) is 0 Å². The van der Waals surface area contributed by atoms with E-state index in [4.69, 9.17) is 5.73 Å². The van der Waals surface area contributed by atoms with Crippen LogP contribution in [0.25, 0.3) is 0 Å². The van der Waals surface area contributed by atoms with Crippen LogP contribution in [0.5, 0.6) is 0 Å². The van der Waals surface area contributed by atoms with Gasteiger partial charge in [-0.25, -0.2) is 13.4 Å². The number of hydrogen-bond acceptors (Lipinski definition) is 5. The number of nitrogens with two attached hydrogens (primary N) is 1. The van der Waals surface area contributed by atoms with E-state index in [2.05, 4.69) is 4.98 Å². The number of pyridine rings is 1. The van der Waals surface area contributed by atoms with Crippen LogP contribution < -0.4 is 5.73 Å². The Bertz CT molecular complexity index is 404. The van der Waals surface area contributed by atoms with Crippen molar-refractivity contribution in [1.82, 2.24) is 4.98 Å². The predicted molar refractivity (Wildman–Crippen MR) is 59.1 cm³/mol. The summed E-state index contributed by atoms with van der Waals surface area (Å²) in [7, 11) is -2.90. The summed E-state index contributed by atoms with van der Waals surface area (Å²) in [6, 6.07) is 3.49. The van der Waals surface area contributed by atoms with E-state index >= 15 is 0 Å². The van der Waals surface area contributed by atoms with Gasteiger partial charge in [-0.2, -0.15) is 0 Å². The second-order valence-electron chi connectivity index (χ2n) is 2.88. The van der Waals surface area contributed by atoms with Gasteiger partial charge in [-0.15, -0.1) is 11.8 Å². The Labute approximate surface area is 87.8 Å². The fourth-order valence-corrected chi connectivity index (χ4v) is 2.92. The molecule has 0 bridgehead atoms. The van der Waals surface area contributed by atoms with Gasteiger partial charge >= 0.3 is 0 Å². The lowest BCUT2D eigenvalue weighted by Gasteiger charge is -2.02. The van der Waals surface area contributed by atoms with Crippen molar-refractivity contribution in [3.63, 3.8) is 0 Å². The Kier molecular flexibility index (Phi) is 3.77. The zero-order valence-corrected chi connectivity index (χ0v) is 9.44. The van der Waals surface area contributed by atoms with E-state index in [1.807, 2.05) is 0 Å². The molecule has 0 saturated heterocycles. The van der Waals surface area contributed by atoms with E-state index in [0.717, 1.165) is 0 Å². The minimum absolute atomic E-state index is 0.147. The average molecular weight is 232 g/mol. The number of nitrogen functional groups attached to an aromatic ring is 1. The van der Waals surface area contributed by atoms with Crippen molar-refractivity contribution in [1.29, 1.82) is 0 Å². The zero-order valence-electron chi connectivity index (χ0n) is 7.80. The standard InChI is InChI=1S/C8H12N2O2S2/c1-14(11,12)6-5-13-8-7(9)3-2-4-10-8/h2-4H,5-6,9H2,1H3. The van der Waals surface area contributed by atoms with Gasteiger partial charge in [0.1, 0.15) is 14.9 Å². The maximum absolute atomic E-state index is 10.8. The fourth-order valence-electron chi connectivity index (χ4n) is 0.814.